The van der Waals surface area contributed by atoms with Crippen molar-refractivity contribution in [2.24, 2.45) is 46.3 Å². The SMILES string of the molecule is C[C@H](CCC=O)[C@H]1CC[C@H]2[C@@H]3C[C@H](O)[C@@H]4C[C@H](O)CC[C@]4(C)[C@H]3CC[C@]12C. The first-order valence-electron chi connectivity index (χ1n) is 11.6. The first-order valence-corrected chi connectivity index (χ1v) is 11.6. The average molecular weight is 377 g/mol. The molecule has 0 saturated heterocycles. The third-order valence-corrected chi connectivity index (χ3v) is 10.2. The van der Waals surface area contributed by atoms with Crippen molar-refractivity contribution in [1.29, 1.82) is 0 Å². The van der Waals surface area contributed by atoms with Gasteiger partial charge in [-0.15, -0.1) is 0 Å². The largest absolute Gasteiger partial charge is 0.393 e. The van der Waals surface area contributed by atoms with E-state index in [4.69, 9.17) is 0 Å². The molecular formula is C24H40O3. The van der Waals surface area contributed by atoms with E-state index in [1.165, 1.54) is 25.7 Å². The van der Waals surface area contributed by atoms with Crippen molar-refractivity contribution >= 4 is 6.29 Å². The van der Waals surface area contributed by atoms with Crippen LogP contribution in [0.2, 0.25) is 0 Å². The molecule has 3 heteroatoms. The molecule has 0 amide bonds. The highest BCUT2D eigenvalue weighted by Gasteiger charge is 2.62. The molecule has 4 saturated carbocycles. The Morgan fingerprint density at radius 3 is 2.41 bits per heavy atom. The highest BCUT2D eigenvalue weighted by Crippen LogP contribution is 2.68. The van der Waals surface area contributed by atoms with Crippen LogP contribution in [-0.2, 0) is 4.79 Å². The van der Waals surface area contributed by atoms with E-state index in [1.54, 1.807) is 0 Å². The number of aliphatic hydroxyl groups is 2. The maximum atomic E-state index is 11.1. The fourth-order valence-corrected chi connectivity index (χ4v) is 8.79. The Kier molecular flexibility index (Phi) is 5.25. The molecule has 0 unspecified atom stereocenters. The van der Waals surface area contributed by atoms with Crippen LogP contribution in [0.4, 0.5) is 0 Å². The van der Waals surface area contributed by atoms with Crippen molar-refractivity contribution < 1.29 is 15.0 Å². The highest BCUT2D eigenvalue weighted by atomic mass is 16.3. The predicted molar refractivity (Wildman–Crippen MR) is 107 cm³/mol. The Morgan fingerprint density at radius 2 is 1.67 bits per heavy atom. The summed E-state index contributed by atoms with van der Waals surface area (Å²) < 4.78 is 0. The van der Waals surface area contributed by atoms with Gasteiger partial charge in [0.2, 0.25) is 0 Å². The molecule has 0 aromatic rings. The van der Waals surface area contributed by atoms with Crippen LogP contribution in [0, 0.1) is 46.3 Å². The summed E-state index contributed by atoms with van der Waals surface area (Å²) in [4.78, 5) is 10.9. The molecule has 4 aliphatic rings. The minimum atomic E-state index is -0.236. The first kappa shape index (κ1) is 19.9. The van der Waals surface area contributed by atoms with Gasteiger partial charge in [0.25, 0.3) is 0 Å². The molecule has 0 aliphatic heterocycles. The Morgan fingerprint density at radius 1 is 0.963 bits per heavy atom. The zero-order chi connectivity index (χ0) is 19.4. The summed E-state index contributed by atoms with van der Waals surface area (Å²) in [6.45, 7) is 7.34. The second-order valence-corrected chi connectivity index (χ2v) is 11.2. The summed E-state index contributed by atoms with van der Waals surface area (Å²) in [5.41, 5.74) is 0.602. The van der Waals surface area contributed by atoms with Crippen molar-refractivity contribution in [3.63, 3.8) is 0 Å². The van der Waals surface area contributed by atoms with E-state index in [0.29, 0.717) is 23.7 Å². The smallest absolute Gasteiger partial charge is 0.120 e. The highest BCUT2D eigenvalue weighted by molar-refractivity contribution is 5.49. The van der Waals surface area contributed by atoms with E-state index < -0.39 is 0 Å². The predicted octanol–water partition coefficient (Wildman–Crippen LogP) is 4.59. The topological polar surface area (TPSA) is 57.5 Å². The van der Waals surface area contributed by atoms with Gasteiger partial charge >= 0.3 is 0 Å². The molecule has 0 aromatic carbocycles. The molecule has 154 valence electrons. The Hall–Kier alpha value is -0.410. The van der Waals surface area contributed by atoms with Crippen LogP contribution in [0.3, 0.4) is 0 Å². The molecule has 0 bridgehead atoms. The van der Waals surface area contributed by atoms with Crippen molar-refractivity contribution in [1.82, 2.24) is 0 Å². The third-order valence-electron chi connectivity index (χ3n) is 10.2. The molecular weight excluding hydrogens is 336 g/mol. The summed E-state index contributed by atoms with van der Waals surface area (Å²) in [5, 5.41) is 21.3. The Bertz CT molecular complexity index is 562. The zero-order valence-corrected chi connectivity index (χ0v) is 17.6. The standard InChI is InChI=1S/C24H40O3/c1-15(5-4-12-25)18-6-7-19-17-14-22(27)21-13-16(26)8-10-24(21,3)20(17)9-11-23(18,19)2/h12,15-22,26-27H,4-11,13-14H2,1-3H3/t15-,16-,17+,18-,19+,20+,21+,22+,23-,24-/m1/s1. The van der Waals surface area contributed by atoms with E-state index in [0.717, 1.165) is 56.1 Å². The fourth-order valence-electron chi connectivity index (χ4n) is 8.79. The van der Waals surface area contributed by atoms with E-state index in [1.807, 2.05) is 0 Å². The molecule has 0 radical (unpaired) electrons. The second-order valence-electron chi connectivity index (χ2n) is 11.2. The Labute approximate surface area is 165 Å². The quantitative estimate of drug-likeness (QED) is 0.706. The van der Waals surface area contributed by atoms with E-state index in [-0.39, 0.29) is 23.5 Å². The molecule has 27 heavy (non-hydrogen) atoms. The number of aliphatic hydroxyl groups excluding tert-OH is 2. The van der Waals surface area contributed by atoms with Gasteiger partial charge in [0.15, 0.2) is 0 Å². The van der Waals surface area contributed by atoms with E-state index >= 15 is 0 Å². The molecule has 10 atom stereocenters. The molecule has 4 rings (SSSR count). The lowest BCUT2D eigenvalue weighted by molar-refractivity contribution is -0.172. The van der Waals surface area contributed by atoms with Crippen LogP contribution in [0.5, 0.6) is 0 Å². The van der Waals surface area contributed by atoms with Crippen molar-refractivity contribution in [2.75, 3.05) is 0 Å². The van der Waals surface area contributed by atoms with Gasteiger partial charge in [0.05, 0.1) is 12.2 Å². The van der Waals surface area contributed by atoms with Crippen LogP contribution in [0.1, 0.15) is 85.0 Å². The van der Waals surface area contributed by atoms with Crippen LogP contribution >= 0.6 is 0 Å². The average Bonchev–Trinajstić information content (AvgIpc) is 2.99. The Balaban J connectivity index is 1.57. The number of carbonyl (C=O) groups excluding carboxylic acids is 1. The summed E-state index contributed by atoms with van der Waals surface area (Å²) in [6, 6.07) is 0. The molecule has 2 N–H and O–H groups in total. The molecule has 0 spiro atoms. The fraction of sp³-hybridized carbons (Fsp3) is 0.958. The van der Waals surface area contributed by atoms with E-state index in [9.17, 15) is 15.0 Å². The lowest BCUT2D eigenvalue weighted by Gasteiger charge is -2.62. The van der Waals surface area contributed by atoms with Gasteiger partial charge in [-0.25, -0.2) is 0 Å². The third kappa shape index (κ3) is 3.03. The molecule has 0 heterocycles. The van der Waals surface area contributed by atoms with Gasteiger partial charge < -0.3 is 15.0 Å². The minimum absolute atomic E-state index is 0.210. The number of fused-ring (bicyclic) bond motifs is 5. The van der Waals surface area contributed by atoms with Gasteiger partial charge in [-0.2, -0.15) is 0 Å². The number of carbonyl (C=O) groups is 1. The van der Waals surface area contributed by atoms with Gasteiger partial charge in [-0.3, -0.25) is 0 Å². The van der Waals surface area contributed by atoms with Crippen LogP contribution in [0.15, 0.2) is 0 Å². The first-order chi connectivity index (χ1) is 12.8. The van der Waals surface area contributed by atoms with Crippen LogP contribution in [0.25, 0.3) is 0 Å². The van der Waals surface area contributed by atoms with Gasteiger partial charge in [-0.05, 0) is 104 Å². The normalized spacial score (nSPS) is 53.1. The van der Waals surface area contributed by atoms with Crippen LogP contribution in [-0.4, -0.2) is 28.7 Å². The van der Waals surface area contributed by atoms with Gasteiger partial charge in [0, 0.05) is 6.42 Å². The number of rotatable bonds is 4. The van der Waals surface area contributed by atoms with E-state index in [2.05, 4.69) is 20.8 Å². The van der Waals surface area contributed by atoms with Crippen molar-refractivity contribution in [2.45, 2.75) is 97.2 Å². The monoisotopic (exact) mass is 376 g/mol. The van der Waals surface area contributed by atoms with Crippen LogP contribution < -0.4 is 0 Å². The number of aldehydes is 1. The summed E-state index contributed by atoms with van der Waals surface area (Å²) in [6.07, 6.45) is 11.3. The number of hydrogen-bond donors (Lipinski definition) is 2. The molecule has 0 aromatic heterocycles. The second kappa shape index (κ2) is 7.13. The van der Waals surface area contributed by atoms with Crippen molar-refractivity contribution in [3.8, 4) is 0 Å². The summed E-state index contributed by atoms with van der Waals surface area (Å²) >= 11 is 0. The molecule has 4 fully saturated rings. The molecule has 4 aliphatic carbocycles. The summed E-state index contributed by atoms with van der Waals surface area (Å²) in [7, 11) is 0. The van der Waals surface area contributed by atoms with Gasteiger partial charge in [-0.1, -0.05) is 20.8 Å². The van der Waals surface area contributed by atoms with Crippen molar-refractivity contribution in [3.05, 3.63) is 0 Å². The minimum Gasteiger partial charge on any atom is -0.393 e. The summed E-state index contributed by atoms with van der Waals surface area (Å²) in [5.74, 6) is 3.76. The lowest BCUT2D eigenvalue weighted by Crippen LogP contribution is -2.58. The molecule has 3 nitrogen and oxygen atoms in total. The maximum Gasteiger partial charge on any atom is 0.120 e. The zero-order valence-electron chi connectivity index (χ0n) is 17.6. The lowest BCUT2D eigenvalue weighted by atomic mass is 9.44. The maximum absolute atomic E-state index is 11.1. The van der Waals surface area contributed by atoms with Gasteiger partial charge in [0.1, 0.15) is 6.29 Å². The number of hydrogen-bond acceptors (Lipinski definition) is 3.